The van der Waals surface area contributed by atoms with Gasteiger partial charge >= 0.3 is 0 Å². The Morgan fingerprint density at radius 2 is 1.94 bits per heavy atom. The first-order valence-corrected chi connectivity index (χ1v) is 5.65. The van der Waals surface area contributed by atoms with E-state index in [9.17, 15) is 0 Å². The fraction of sp³-hybridized carbons (Fsp3) is 0.182. The van der Waals surface area contributed by atoms with Crippen LogP contribution in [0.3, 0.4) is 0 Å². The zero-order chi connectivity index (χ0) is 11.7. The molecule has 0 amide bonds. The minimum atomic E-state index is 0.556. The van der Waals surface area contributed by atoms with E-state index in [1.165, 1.54) is 0 Å². The third kappa shape index (κ3) is 1.77. The van der Waals surface area contributed by atoms with E-state index < -0.39 is 0 Å². The third-order valence-electron chi connectivity index (χ3n) is 2.42. The van der Waals surface area contributed by atoms with E-state index in [4.69, 9.17) is 28.9 Å². The normalized spacial score (nSPS) is 10.7. The molecular formula is C11H11Cl2N3. The molecule has 0 saturated heterocycles. The van der Waals surface area contributed by atoms with Gasteiger partial charge in [0, 0.05) is 12.1 Å². The molecule has 1 aromatic heterocycles. The Balaban J connectivity index is 2.63. The number of imidazole rings is 1. The Kier molecular flexibility index (Phi) is 3.08. The minimum absolute atomic E-state index is 0.556. The van der Waals surface area contributed by atoms with Crippen LogP contribution in [0.1, 0.15) is 6.92 Å². The van der Waals surface area contributed by atoms with Crippen molar-refractivity contribution in [3.63, 3.8) is 0 Å². The molecule has 0 aliphatic rings. The molecule has 16 heavy (non-hydrogen) atoms. The van der Waals surface area contributed by atoms with Gasteiger partial charge in [0.1, 0.15) is 11.5 Å². The topological polar surface area (TPSA) is 43.8 Å². The molecule has 2 N–H and O–H groups in total. The van der Waals surface area contributed by atoms with Crippen LogP contribution in [0.15, 0.2) is 24.5 Å². The summed E-state index contributed by atoms with van der Waals surface area (Å²) in [6.07, 6.45) is 1.68. The number of nitrogens with zero attached hydrogens (tertiary/aromatic N) is 2. The van der Waals surface area contributed by atoms with Gasteiger partial charge in [-0.15, -0.1) is 0 Å². The molecule has 0 bridgehead atoms. The van der Waals surface area contributed by atoms with Crippen molar-refractivity contribution in [3.8, 4) is 11.3 Å². The summed E-state index contributed by atoms with van der Waals surface area (Å²) in [6, 6.07) is 5.33. The molecule has 5 heteroatoms. The van der Waals surface area contributed by atoms with Gasteiger partial charge in [0.25, 0.3) is 0 Å². The number of halogens is 2. The molecule has 1 heterocycles. The Morgan fingerprint density at radius 3 is 2.44 bits per heavy atom. The van der Waals surface area contributed by atoms with Crippen LogP contribution >= 0.6 is 23.2 Å². The summed E-state index contributed by atoms with van der Waals surface area (Å²) in [6.45, 7) is 2.76. The zero-order valence-corrected chi connectivity index (χ0v) is 10.3. The van der Waals surface area contributed by atoms with E-state index >= 15 is 0 Å². The highest BCUT2D eigenvalue weighted by molar-refractivity contribution is 6.39. The lowest BCUT2D eigenvalue weighted by molar-refractivity contribution is 0.771. The fourth-order valence-corrected chi connectivity index (χ4v) is 2.14. The molecule has 1 aromatic carbocycles. The third-order valence-corrected chi connectivity index (χ3v) is 3.05. The first kappa shape index (κ1) is 11.3. The van der Waals surface area contributed by atoms with E-state index in [0.717, 1.165) is 6.54 Å². The van der Waals surface area contributed by atoms with Crippen LogP contribution in [0.2, 0.25) is 10.0 Å². The van der Waals surface area contributed by atoms with Gasteiger partial charge in [-0.3, -0.25) is 0 Å². The summed E-state index contributed by atoms with van der Waals surface area (Å²) in [5.41, 5.74) is 7.29. The summed E-state index contributed by atoms with van der Waals surface area (Å²) in [4.78, 5) is 4.25. The fourth-order valence-electron chi connectivity index (χ4n) is 1.56. The van der Waals surface area contributed by atoms with Crippen molar-refractivity contribution in [2.45, 2.75) is 13.5 Å². The SMILES string of the molecule is CCn1cnc(-c2c(Cl)cccc2Cl)c1N. The van der Waals surface area contributed by atoms with Crippen LogP contribution in [0.4, 0.5) is 5.82 Å². The first-order valence-electron chi connectivity index (χ1n) is 4.90. The second kappa shape index (κ2) is 4.36. The number of nitrogen functional groups attached to an aromatic ring is 1. The highest BCUT2D eigenvalue weighted by Crippen LogP contribution is 2.36. The van der Waals surface area contributed by atoms with Crippen molar-refractivity contribution in [3.05, 3.63) is 34.6 Å². The average molecular weight is 256 g/mol. The van der Waals surface area contributed by atoms with Crippen LogP contribution in [-0.4, -0.2) is 9.55 Å². The lowest BCUT2D eigenvalue weighted by Gasteiger charge is -2.06. The van der Waals surface area contributed by atoms with Gasteiger partial charge < -0.3 is 10.3 Å². The Bertz CT molecular complexity index is 500. The molecule has 0 unspecified atom stereocenters. The molecular weight excluding hydrogens is 245 g/mol. The van der Waals surface area contributed by atoms with Crippen molar-refractivity contribution in [2.24, 2.45) is 0 Å². The molecule has 0 saturated carbocycles. The molecule has 0 atom stereocenters. The van der Waals surface area contributed by atoms with Gasteiger partial charge in [0.15, 0.2) is 0 Å². The molecule has 0 radical (unpaired) electrons. The highest BCUT2D eigenvalue weighted by atomic mass is 35.5. The van der Waals surface area contributed by atoms with Crippen molar-refractivity contribution in [1.82, 2.24) is 9.55 Å². The molecule has 2 rings (SSSR count). The van der Waals surface area contributed by atoms with Gasteiger partial charge in [0.05, 0.1) is 16.4 Å². The summed E-state index contributed by atoms with van der Waals surface area (Å²) >= 11 is 12.2. The summed E-state index contributed by atoms with van der Waals surface area (Å²) in [5.74, 6) is 0.581. The predicted octanol–water partition coefficient (Wildman–Crippen LogP) is 3.46. The largest absolute Gasteiger partial charge is 0.383 e. The second-order valence-electron chi connectivity index (χ2n) is 3.36. The summed E-state index contributed by atoms with van der Waals surface area (Å²) in [5, 5.41) is 1.11. The maximum Gasteiger partial charge on any atom is 0.131 e. The number of benzene rings is 1. The Hall–Kier alpha value is -1.19. The Labute approximate surface area is 104 Å². The van der Waals surface area contributed by atoms with Crippen molar-refractivity contribution in [2.75, 3.05) is 5.73 Å². The first-order chi connectivity index (χ1) is 7.65. The maximum absolute atomic E-state index is 6.10. The van der Waals surface area contributed by atoms with E-state index in [1.807, 2.05) is 11.5 Å². The number of hydrogen-bond acceptors (Lipinski definition) is 2. The molecule has 0 fully saturated rings. The number of anilines is 1. The predicted molar refractivity (Wildman–Crippen MR) is 67.8 cm³/mol. The van der Waals surface area contributed by atoms with Crippen LogP contribution in [-0.2, 0) is 6.54 Å². The van der Waals surface area contributed by atoms with Gasteiger partial charge in [-0.25, -0.2) is 4.98 Å². The smallest absolute Gasteiger partial charge is 0.131 e. The molecule has 84 valence electrons. The second-order valence-corrected chi connectivity index (χ2v) is 4.18. The van der Waals surface area contributed by atoms with E-state index in [0.29, 0.717) is 27.1 Å². The lowest BCUT2D eigenvalue weighted by Crippen LogP contribution is -1.99. The van der Waals surface area contributed by atoms with Crippen LogP contribution in [0, 0.1) is 0 Å². The highest BCUT2D eigenvalue weighted by Gasteiger charge is 2.15. The summed E-state index contributed by atoms with van der Waals surface area (Å²) in [7, 11) is 0. The molecule has 0 aliphatic carbocycles. The monoisotopic (exact) mass is 255 g/mol. The standard InChI is InChI=1S/C11H11Cl2N3/c1-2-16-6-15-10(11(16)14)9-7(12)4-3-5-8(9)13/h3-6H,2,14H2,1H3. The number of hydrogen-bond donors (Lipinski definition) is 1. The lowest BCUT2D eigenvalue weighted by atomic mass is 10.1. The molecule has 0 spiro atoms. The van der Waals surface area contributed by atoms with Gasteiger partial charge in [-0.2, -0.15) is 0 Å². The number of nitrogens with two attached hydrogens (primary N) is 1. The van der Waals surface area contributed by atoms with E-state index in [-0.39, 0.29) is 0 Å². The van der Waals surface area contributed by atoms with Crippen LogP contribution in [0.5, 0.6) is 0 Å². The van der Waals surface area contributed by atoms with Gasteiger partial charge in [-0.1, -0.05) is 29.3 Å². The van der Waals surface area contributed by atoms with Crippen molar-refractivity contribution >= 4 is 29.0 Å². The summed E-state index contributed by atoms with van der Waals surface area (Å²) < 4.78 is 1.84. The number of aromatic nitrogens is 2. The van der Waals surface area contributed by atoms with Gasteiger partial charge in [0.2, 0.25) is 0 Å². The molecule has 3 nitrogen and oxygen atoms in total. The Morgan fingerprint density at radius 1 is 1.31 bits per heavy atom. The maximum atomic E-state index is 6.10. The van der Waals surface area contributed by atoms with Crippen molar-refractivity contribution in [1.29, 1.82) is 0 Å². The van der Waals surface area contributed by atoms with Crippen molar-refractivity contribution < 1.29 is 0 Å². The zero-order valence-electron chi connectivity index (χ0n) is 8.74. The molecule has 2 aromatic rings. The minimum Gasteiger partial charge on any atom is -0.383 e. The van der Waals surface area contributed by atoms with E-state index in [2.05, 4.69) is 4.98 Å². The van der Waals surface area contributed by atoms with Crippen LogP contribution < -0.4 is 5.73 Å². The van der Waals surface area contributed by atoms with Gasteiger partial charge in [-0.05, 0) is 19.1 Å². The van der Waals surface area contributed by atoms with Crippen LogP contribution in [0.25, 0.3) is 11.3 Å². The number of aryl methyl sites for hydroxylation is 1. The number of rotatable bonds is 2. The quantitative estimate of drug-likeness (QED) is 0.894. The van der Waals surface area contributed by atoms with E-state index in [1.54, 1.807) is 24.5 Å². The molecule has 0 aliphatic heterocycles. The average Bonchev–Trinajstić information content (AvgIpc) is 2.60.